The van der Waals surface area contributed by atoms with Gasteiger partial charge in [0.25, 0.3) is 0 Å². The van der Waals surface area contributed by atoms with Gasteiger partial charge in [0.15, 0.2) is 5.78 Å². The highest BCUT2D eigenvalue weighted by Gasteiger charge is 2.62. The van der Waals surface area contributed by atoms with E-state index in [1.807, 2.05) is 0 Å². The number of fused-ring (bicyclic) bond motifs is 2. The van der Waals surface area contributed by atoms with Crippen LogP contribution in [-0.4, -0.2) is 31.8 Å². The van der Waals surface area contributed by atoms with Crippen molar-refractivity contribution < 1.29 is 23.9 Å². The summed E-state index contributed by atoms with van der Waals surface area (Å²) in [5.41, 5.74) is 5.30. The van der Waals surface area contributed by atoms with Gasteiger partial charge in [-0.1, -0.05) is 18.2 Å². The first-order chi connectivity index (χ1) is 11.8. The average Bonchev–Trinajstić information content (AvgIpc) is 2.77. The van der Waals surface area contributed by atoms with E-state index in [-0.39, 0.29) is 28.6 Å². The van der Waals surface area contributed by atoms with Gasteiger partial charge in [0.2, 0.25) is 11.8 Å². The van der Waals surface area contributed by atoms with Crippen molar-refractivity contribution in [2.24, 2.45) is 5.73 Å². The van der Waals surface area contributed by atoms with Gasteiger partial charge < -0.3 is 20.1 Å². The Kier molecular flexibility index (Phi) is 3.67. The first-order valence-corrected chi connectivity index (χ1v) is 7.64. The number of allylic oxidation sites excluding steroid dienone is 1. The van der Waals surface area contributed by atoms with Crippen LogP contribution in [0, 0.1) is 0 Å². The zero-order valence-electron chi connectivity index (χ0n) is 14.4. The number of benzene rings is 1. The Morgan fingerprint density at radius 2 is 1.88 bits per heavy atom. The van der Waals surface area contributed by atoms with E-state index < -0.39 is 17.3 Å². The molecule has 1 aromatic rings. The zero-order chi connectivity index (χ0) is 18.5. The van der Waals surface area contributed by atoms with Crippen molar-refractivity contribution >= 4 is 23.3 Å². The highest BCUT2D eigenvalue weighted by molar-refractivity contribution is 6.22. The molecule has 0 fully saturated rings. The zero-order valence-corrected chi connectivity index (χ0v) is 14.4. The first-order valence-electron chi connectivity index (χ1n) is 7.64. The molecular weight excluding hydrogens is 324 g/mol. The number of anilines is 1. The molecule has 130 valence electrons. The van der Waals surface area contributed by atoms with Gasteiger partial charge in [-0.25, -0.2) is 4.79 Å². The summed E-state index contributed by atoms with van der Waals surface area (Å²) in [7, 11) is 2.77. The highest BCUT2D eigenvalue weighted by atomic mass is 16.5. The number of carbonyl (C=O) groups excluding carboxylic acids is 3. The number of hydrogen-bond acceptors (Lipinski definition) is 6. The van der Waals surface area contributed by atoms with Gasteiger partial charge in [0.05, 0.1) is 12.7 Å². The molecule has 0 aliphatic carbocycles. The van der Waals surface area contributed by atoms with E-state index in [0.29, 0.717) is 11.3 Å². The Bertz CT molecular complexity index is 883. The monoisotopic (exact) mass is 342 g/mol. The molecule has 0 unspecified atom stereocenters. The molecule has 3 rings (SSSR count). The maximum atomic E-state index is 13.4. The van der Waals surface area contributed by atoms with Gasteiger partial charge in [-0.15, -0.1) is 0 Å². The van der Waals surface area contributed by atoms with E-state index in [0.717, 1.165) is 0 Å². The number of ketones is 1. The Morgan fingerprint density at radius 3 is 2.48 bits per heavy atom. The minimum absolute atomic E-state index is 0.0869. The molecule has 1 atom stereocenters. The molecule has 2 N–H and O–H groups in total. The molecule has 1 aromatic carbocycles. The van der Waals surface area contributed by atoms with Crippen molar-refractivity contribution in [2.75, 3.05) is 19.1 Å². The third-order valence-electron chi connectivity index (χ3n) is 4.65. The Morgan fingerprint density at radius 1 is 1.24 bits per heavy atom. The SMILES string of the molecule is COC(=O)C1=C(N)OC(C)=C(C(C)=O)[C@@]12C(=O)N(C)c1ccccc12. The van der Waals surface area contributed by atoms with Gasteiger partial charge in [0, 0.05) is 18.3 Å². The fourth-order valence-electron chi connectivity index (χ4n) is 3.75. The number of esters is 1. The Hall–Kier alpha value is -3.09. The average molecular weight is 342 g/mol. The van der Waals surface area contributed by atoms with Crippen LogP contribution in [0.15, 0.2) is 47.1 Å². The minimum Gasteiger partial charge on any atom is -0.465 e. The maximum Gasteiger partial charge on any atom is 0.340 e. The Labute approximate surface area is 144 Å². The topological polar surface area (TPSA) is 98.9 Å². The highest BCUT2D eigenvalue weighted by Crippen LogP contribution is 2.53. The molecule has 0 aromatic heterocycles. The van der Waals surface area contributed by atoms with Crippen LogP contribution < -0.4 is 10.6 Å². The van der Waals surface area contributed by atoms with Gasteiger partial charge >= 0.3 is 5.97 Å². The van der Waals surface area contributed by atoms with Crippen LogP contribution in [0.5, 0.6) is 0 Å². The summed E-state index contributed by atoms with van der Waals surface area (Å²) in [6.45, 7) is 2.88. The summed E-state index contributed by atoms with van der Waals surface area (Å²) < 4.78 is 10.3. The van der Waals surface area contributed by atoms with Crippen molar-refractivity contribution in [1.29, 1.82) is 0 Å². The minimum atomic E-state index is -1.67. The van der Waals surface area contributed by atoms with E-state index >= 15 is 0 Å². The van der Waals surface area contributed by atoms with E-state index in [1.54, 1.807) is 38.2 Å². The molecule has 2 heterocycles. The molecule has 25 heavy (non-hydrogen) atoms. The van der Waals surface area contributed by atoms with E-state index in [1.165, 1.54) is 18.9 Å². The third-order valence-corrected chi connectivity index (χ3v) is 4.65. The standard InChI is InChI=1S/C18H18N2O5/c1-9(21)13-10(2)25-15(19)14(16(22)24-4)18(13)11-7-5-6-8-12(11)20(3)17(18)23/h5-8H,19H2,1-4H3/t18-/m1/s1. The smallest absolute Gasteiger partial charge is 0.340 e. The molecule has 2 aliphatic rings. The number of methoxy groups -OCH3 is 1. The number of nitrogens with two attached hydrogens (primary N) is 1. The van der Waals surface area contributed by atoms with Crippen molar-refractivity contribution in [1.82, 2.24) is 0 Å². The third kappa shape index (κ3) is 1.95. The maximum absolute atomic E-state index is 13.4. The summed E-state index contributed by atoms with van der Waals surface area (Å²) >= 11 is 0. The summed E-state index contributed by atoms with van der Waals surface area (Å²) in [6, 6.07) is 6.96. The van der Waals surface area contributed by atoms with Gasteiger partial charge in [0.1, 0.15) is 16.7 Å². The quantitative estimate of drug-likeness (QED) is 0.809. The molecule has 1 spiro atoms. The van der Waals surface area contributed by atoms with E-state index in [2.05, 4.69) is 0 Å². The predicted octanol–water partition coefficient (Wildman–Crippen LogP) is 1.14. The molecule has 0 radical (unpaired) electrons. The fourth-order valence-corrected chi connectivity index (χ4v) is 3.75. The number of para-hydroxylation sites is 1. The van der Waals surface area contributed by atoms with Gasteiger partial charge in [-0.3, -0.25) is 9.59 Å². The lowest BCUT2D eigenvalue weighted by Crippen LogP contribution is -2.49. The Balaban J connectivity index is 2.49. The number of nitrogens with zero attached hydrogens (tertiary/aromatic N) is 1. The van der Waals surface area contributed by atoms with Crippen LogP contribution >= 0.6 is 0 Å². The molecule has 2 aliphatic heterocycles. The van der Waals surface area contributed by atoms with Crippen LogP contribution in [-0.2, 0) is 29.3 Å². The fraction of sp³-hybridized carbons (Fsp3) is 0.278. The van der Waals surface area contributed by atoms with Crippen molar-refractivity contribution in [3.05, 3.63) is 52.6 Å². The second-order valence-corrected chi connectivity index (χ2v) is 5.95. The van der Waals surface area contributed by atoms with Gasteiger partial charge in [-0.2, -0.15) is 0 Å². The molecule has 0 saturated heterocycles. The second-order valence-electron chi connectivity index (χ2n) is 5.95. The number of likely N-dealkylation sites (N-methyl/N-ethyl adjacent to an activating group) is 1. The normalized spacial score (nSPS) is 22.2. The van der Waals surface area contributed by atoms with Crippen molar-refractivity contribution in [3.63, 3.8) is 0 Å². The molecule has 7 heteroatoms. The van der Waals surface area contributed by atoms with Crippen LogP contribution in [0.2, 0.25) is 0 Å². The summed E-state index contributed by atoms with van der Waals surface area (Å²) in [4.78, 5) is 39.8. The van der Waals surface area contributed by atoms with Gasteiger partial charge in [-0.05, 0) is 19.9 Å². The van der Waals surface area contributed by atoms with E-state index in [4.69, 9.17) is 15.2 Å². The number of ether oxygens (including phenoxy) is 2. The van der Waals surface area contributed by atoms with E-state index in [9.17, 15) is 14.4 Å². The lowest BCUT2D eigenvalue weighted by atomic mass is 9.66. The molecular formula is C18H18N2O5. The van der Waals surface area contributed by atoms with Crippen molar-refractivity contribution in [2.45, 2.75) is 19.3 Å². The van der Waals surface area contributed by atoms with Crippen LogP contribution in [0.25, 0.3) is 0 Å². The molecule has 0 saturated carbocycles. The second kappa shape index (κ2) is 5.47. The summed E-state index contributed by atoms with van der Waals surface area (Å²) in [5.74, 6) is -1.71. The van der Waals surface area contributed by atoms with Crippen LogP contribution in [0.4, 0.5) is 5.69 Å². The van der Waals surface area contributed by atoms with Crippen LogP contribution in [0.3, 0.4) is 0 Å². The lowest BCUT2D eigenvalue weighted by Gasteiger charge is -2.36. The molecule has 7 nitrogen and oxygen atoms in total. The summed E-state index contributed by atoms with van der Waals surface area (Å²) in [5, 5.41) is 0. The number of hydrogen-bond donors (Lipinski definition) is 1. The molecule has 1 amide bonds. The lowest BCUT2D eigenvalue weighted by molar-refractivity contribution is -0.139. The van der Waals surface area contributed by atoms with Crippen molar-refractivity contribution in [3.8, 4) is 0 Å². The number of amides is 1. The summed E-state index contributed by atoms with van der Waals surface area (Å²) in [6.07, 6.45) is 0. The largest absolute Gasteiger partial charge is 0.465 e. The van der Waals surface area contributed by atoms with Crippen LogP contribution in [0.1, 0.15) is 19.4 Å². The first kappa shape index (κ1) is 16.8. The number of carbonyl (C=O) groups is 3. The predicted molar refractivity (Wildman–Crippen MR) is 89.2 cm³/mol. The number of Topliss-reactive ketones (excluding diaryl/α,β-unsaturated/α-hetero) is 1. The molecule has 0 bridgehead atoms. The number of rotatable bonds is 2.